The molecule has 1 aliphatic rings. The summed E-state index contributed by atoms with van der Waals surface area (Å²) < 4.78 is 7.40. The lowest BCUT2D eigenvalue weighted by atomic mass is 10.1. The Bertz CT molecular complexity index is 1080. The molecule has 0 saturated heterocycles. The van der Waals surface area contributed by atoms with Crippen LogP contribution in [0.15, 0.2) is 47.4 Å². The summed E-state index contributed by atoms with van der Waals surface area (Å²) in [6, 6.07) is 9.71. The number of carbonyl (C=O) groups is 1. The first-order chi connectivity index (χ1) is 13.3. The largest absolute Gasteiger partial charge is 0.441 e. The van der Waals surface area contributed by atoms with Gasteiger partial charge in [-0.15, -0.1) is 15.3 Å². The summed E-state index contributed by atoms with van der Waals surface area (Å²) in [5, 5.41) is 14.1. The molecule has 0 bridgehead atoms. The zero-order valence-electron chi connectivity index (χ0n) is 14.1. The maximum atomic E-state index is 12.8. The standard InChI is InChI=1S/C17H14N8O2/c26-16(14-21-17(23-22-14)25-9-18-19-10-25)24-7-6-13-12(8-24)20-15(27-13)11-4-2-1-3-5-11/h1-5,9-10H,6-8H2,(H,21,22,23). The second-order valence-electron chi connectivity index (χ2n) is 6.08. The minimum Gasteiger partial charge on any atom is -0.441 e. The zero-order chi connectivity index (χ0) is 18.2. The summed E-state index contributed by atoms with van der Waals surface area (Å²) in [6.07, 6.45) is 3.53. The molecule has 10 heteroatoms. The monoisotopic (exact) mass is 362 g/mol. The lowest BCUT2D eigenvalue weighted by Crippen LogP contribution is -2.36. The van der Waals surface area contributed by atoms with Crippen molar-refractivity contribution in [2.24, 2.45) is 0 Å². The van der Waals surface area contributed by atoms with Crippen LogP contribution >= 0.6 is 0 Å². The van der Waals surface area contributed by atoms with Crippen LogP contribution in [-0.4, -0.2) is 52.3 Å². The van der Waals surface area contributed by atoms with E-state index >= 15 is 0 Å². The number of oxazole rings is 1. The molecule has 1 amide bonds. The van der Waals surface area contributed by atoms with Gasteiger partial charge in [-0.1, -0.05) is 18.2 Å². The molecule has 1 aliphatic heterocycles. The van der Waals surface area contributed by atoms with E-state index in [9.17, 15) is 4.79 Å². The Morgan fingerprint density at radius 2 is 1.93 bits per heavy atom. The second-order valence-corrected chi connectivity index (χ2v) is 6.08. The Hall–Kier alpha value is -3.82. The molecule has 0 fully saturated rings. The van der Waals surface area contributed by atoms with Crippen molar-refractivity contribution >= 4 is 5.91 Å². The first kappa shape index (κ1) is 15.4. The van der Waals surface area contributed by atoms with Crippen molar-refractivity contribution in [3.63, 3.8) is 0 Å². The van der Waals surface area contributed by atoms with Crippen LogP contribution in [0.4, 0.5) is 0 Å². The molecule has 27 heavy (non-hydrogen) atoms. The highest BCUT2D eigenvalue weighted by molar-refractivity contribution is 5.90. The van der Waals surface area contributed by atoms with Crippen molar-refractivity contribution < 1.29 is 9.21 Å². The molecule has 5 rings (SSSR count). The van der Waals surface area contributed by atoms with E-state index in [-0.39, 0.29) is 11.7 Å². The van der Waals surface area contributed by atoms with Crippen molar-refractivity contribution in [3.8, 4) is 17.4 Å². The van der Waals surface area contributed by atoms with Gasteiger partial charge in [-0.05, 0) is 12.1 Å². The third-order valence-electron chi connectivity index (χ3n) is 4.36. The van der Waals surface area contributed by atoms with Crippen molar-refractivity contribution in [2.45, 2.75) is 13.0 Å². The molecule has 0 atom stereocenters. The number of benzene rings is 1. The van der Waals surface area contributed by atoms with Gasteiger partial charge in [0.1, 0.15) is 24.1 Å². The Balaban J connectivity index is 1.36. The highest BCUT2D eigenvalue weighted by atomic mass is 16.4. The number of aromatic amines is 1. The highest BCUT2D eigenvalue weighted by Gasteiger charge is 2.28. The van der Waals surface area contributed by atoms with E-state index in [1.165, 1.54) is 17.2 Å². The zero-order valence-corrected chi connectivity index (χ0v) is 14.1. The molecule has 1 N–H and O–H groups in total. The maximum absolute atomic E-state index is 12.8. The number of carbonyl (C=O) groups excluding carboxylic acids is 1. The number of aromatic nitrogens is 7. The van der Waals surface area contributed by atoms with E-state index in [1.807, 2.05) is 30.3 Å². The average Bonchev–Trinajstić information content (AvgIpc) is 3.47. The van der Waals surface area contributed by atoms with Crippen molar-refractivity contribution in [1.29, 1.82) is 0 Å². The van der Waals surface area contributed by atoms with Crippen LogP contribution in [0, 0.1) is 0 Å². The third-order valence-corrected chi connectivity index (χ3v) is 4.36. The molecule has 1 aromatic carbocycles. The van der Waals surface area contributed by atoms with Gasteiger partial charge in [-0.3, -0.25) is 14.5 Å². The molecular weight excluding hydrogens is 348 g/mol. The number of fused-ring (bicyclic) bond motifs is 1. The fourth-order valence-corrected chi connectivity index (χ4v) is 2.99. The fourth-order valence-electron chi connectivity index (χ4n) is 2.99. The van der Waals surface area contributed by atoms with Gasteiger partial charge in [0, 0.05) is 18.5 Å². The van der Waals surface area contributed by atoms with Crippen molar-refractivity contribution in [3.05, 3.63) is 60.3 Å². The van der Waals surface area contributed by atoms with Crippen LogP contribution in [-0.2, 0) is 13.0 Å². The molecule has 4 heterocycles. The Morgan fingerprint density at radius 3 is 2.74 bits per heavy atom. The summed E-state index contributed by atoms with van der Waals surface area (Å²) in [4.78, 5) is 23.2. The fraction of sp³-hybridized carbons (Fsp3) is 0.176. The van der Waals surface area contributed by atoms with E-state index in [0.717, 1.165) is 17.0 Å². The summed E-state index contributed by atoms with van der Waals surface area (Å²) >= 11 is 0. The van der Waals surface area contributed by atoms with Crippen LogP contribution < -0.4 is 0 Å². The molecule has 0 saturated carbocycles. The van der Waals surface area contributed by atoms with E-state index < -0.39 is 0 Å². The van der Waals surface area contributed by atoms with Crippen LogP contribution in [0.1, 0.15) is 22.1 Å². The molecular formula is C17H14N8O2. The van der Waals surface area contributed by atoms with E-state index in [2.05, 4.69) is 30.4 Å². The predicted octanol–water partition coefficient (Wildman–Crippen LogP) is 1.24. The Morgan fingerprint density at radius 1 is 1.11 bits per heavy atom. The molecule has 0 aliphatic carbocycles. The molecule has 10 nitrogen and oxygen atoms in total. The minimum atomic E-state index is -0.239. The second kappa shape index (κ2) is 6.16. The number of nitrogens with zero attached hydrogens (tertiary/aromatic N) is 7. The minimum absolute atomic E-state index is 0.161. The summed E-state index contributed by atoms with van der Waals surface area (Å²) in [5.41, 5.74) is 1.69. The number of H-pyrrole nitrogens is 1. The normalized spacial score (nSPS) is 13.6. The van der Waals surface area contributed by atoms with Gasteiger partial charge in [0.25, 0.3) is 11.9 Å². The van der Waals surface area contributed by atoms with Crippen LogP contribution in [0.5, 0.6) is 0 Å². The quantitative estimate of drug-likeness (QED) is 0.582. The summed E-state index contributed by atoms with van der Waals surface area (Å²) in [5.74, 6) is 1.63. The van der Waals surface area contributed by atoms with Gasteiger partial charge in [0.15, 0.2) is 0 Å². The Kier molecular flexibility index (Phi) is 3.52. The number of nitrogens with one attached hydrogen (secondary N) is 1. The average molecular weight is 362 g/mol. The lowest BCUT2D eigenvalue weighted by molar-refractivity contribution is 0.0716. The van der Waals surface area contributed by atoms with E-state index in [0.29, 0.717) is 31.3 Å². The number of hydrogen-bond acceptors (Lipinski definition) is 7. The van der Waals surface area contributed by atoms with Crippen LogP contribution in [0.3, 0.4) is 0 Å². The molecule has 0 spiro atoms. The summed E-state index contributed by atoms with van der Waals surface area (Å²) in [7, 11) is 0. The molecule has 3 aromatic heterocycles. The summed E-state index contributed by atoms with van der Waals surface area (Å²) in [6.45, 7) is 0.894. The smallest absolute Gasteiger partial charge is 0.291 e. The van der Waals surface area contributed by atoms with E-state index in [1.54, 1.807) is 4.90 Å². The van der Waals surface area contributed by atoms with Gasteiger partial charge in [0.05, 0.1) is 6.54 Å². The third kappa shape index (κ3) is 2.76. The van der Waals surface area contributed by atoms with Crippen molar-refractivity contribution in [2.75, 3.05) is 6.54 Å². The number of hydrogen-bond donors (Lipinski definition) is 1. The molecule has 0 radical (unpaired) electrons. The van der Waals surface area contributed by atoms with Crippen LogP contribution in [0.25, 0.3) is 17.4 Å². The molecule has 0 unspecified atom stereocenters. The topological polar surface area (TPSA) is 119 Å². The van der Waals surface area contributed by atoms with E-state index in [4.69, 9.17) is 4.42 Å². The van der Waals surface area contributed by atoms with Gasteiger partial charge in [-0.25, -0.2) is 4.98 Å². The predicted molar refractivity (Wildman–Crippen MR) is 91.7 cm³/mol. The first-order valence-electron chi connectivity index (χ1n) is 8.38. The lowest BCUT2D eigenvalue weighted by Gasteiger charge is -2.24. The van der Waals surface area contributed by atoms with Gasteiger partial charge in [-0.2, -0.15) is 4.98 Å². The van der Waals surface area contributed by atoms with Gasteiger partial charge >= 0.3 is 0 Å². The van der Waals surface area contributed by atoms with Gasteiger partial charge in [0.2, 0.25) is 11.7 Å². The molecule has 134 valence electrons. The molecule has 4 aromatic rings. The van der Waals surface area contributed by atoms with Crippen LogP contribution in [0.2, 0.25) is 0 Å². The number of rotatable bonds is 3. The maximum Gasteiger partial charge on any atom is 0.291 e. The highest BCUT2D eigenvalue weighted by Crippen LogP contribution is 2.26. The Labute approximate surface area is 152 Å². The SMILES string of the molecule is O=C(c1nc(-n2cnnc2)n[nH]1)N1CCc2oc(-c3ccccc3)nc2C1. The van der Waals surface area contributed by atoms with Gasteiger partial charge < -0.3 is 9.32 Å². The first-order valence-corrected chi connectivity index (χ1v) is 8.38. The van der Waals surface area contributed by atoms with Crippen molar-refractivity contribution in [1.82, 2.24) is 39.8 Å². The number of amides is 1.